The molecule has 2 atom stereocenters. The van der Waals surface area contributed by atoms with E-state index in [0.29, 0.717) is 18.0 Å². The molecule has 5 nitrogen and oxygen atoms in total. The van der Waals surface area contributed by atoms with Gasteiger partial charge in [0.1, 0.15) is 12.1 Å². The Kier molecular flexibility index (Phi) is 6.92. The highest BCUT2D eigenvalue weighted by Gasteiger charge is 2.36. The second kappa shape index (κ2) is 10.0. The van der Waals surface area contributed by atoms with Gasteiger partial charge >= 0.3 is 0 Å². The summed E-state index contributed by atoms with van der Waals surface area (Å²) in [7, 11) is 0. The van der Waals surface area contributed by atoms with Crippen LogP contribution < -0.4 is 10.2 Å². The number of nitrogens with zero attached hydrogens (tertiary/aromatic N) is 2. The molecule has 0 aromatic heterocycles. The third-order valence-corrected chi connectivity index (χ3v) is 6.23. The molecule has 0 saturated heterocycles. The summed E-state index contributed by atoms with van der Waals surface area (Å²) >= 11 is 0. The first-order valence-electron chi connectivity index (χ1n) is 11.9. The zero-order valence-corrected chi connectivity index (χ0v) is 20.2. The zero-order valence-electron chi connectivity index (χ0n) is 20.2. The lowest BCUT2D eigenvalue weighted by Gasteiger charge is -2.31. The molecular formula is C29H31N3O2. The Bertz CT molecular complexity index is 1200. The largest absolute Gasteiger partial charge is 0.324 e. The minimum absolute atomic E-state index is 0.185. The average molecular weight is 454 g/mol. The van der Waals surface area contributed by atoms with Crippen LogP contribution in [0.3, 0.4) is 0 Å². The van der Waals surface area contributed by atoms with Crippen LogP contribution in [0.5, 0.6) is 0 Å². The number of carbonyl (C=O) groups excluding carboxylic acids is 2. The maximum Gasteiger partial charge on any atom is 0.252 e. The molecular weight excluding hydrogens is 422 g/mol. The van der Waals surface area contributed by atoms with Gasteiger partial charge in [-0.05, 0) is 43.0 Å². The standard InChI is InChI=1S/C29H31N3O2/c1-5-25(28(33)31-23-17-15-21(16-18-23)19(2)3)32-26-14-10-9-13-24(26)27(30-20(4)29(32)34)22-11-7-6-8-12-22/h6-20,25H,5H2,1-4H3,(H,31,33). The van der Waals surface area contributed by atoms with Gasteiger partial charge in [0.25, 0.3) is 5.91 Å². The first kappa shape index (κ1) is 23.4. The van der Waals surface area contributed by atoms with Crippen molar-refractivity contribution >= 4 is 28.9 Å². The van der Waals surface area contributed by atoms with Crippen molar-refractivity contribution in [3.63, 3.8) is 0 Å². The molecule has 4 rings (SSSR count). The number of rotatable bonds is 6. The van der Waals surface area contributed by atoms with E-state index in [1.807, 2.05) is 85.8 Å². The second-order valence-corrected chi connectivity index (χ2v) is 8.94. The summed E-state index contributed by atoms with van der Waals surface area (Å²) in [5, 5.41) is 3.02. The number of amides is 2. The van der Waals surface area contributed by atoms with Gasteiger partial charge in [0.05, 0.1) is 11.4 Å². The van der Waals surface area contributed by atoms with Gasteiger partial charge in [-0.1, -0.05) is 81.4 Å². The third-order valence-electron chi connectivity index (χ3n) is 6.23. The van der Waals surface area contributed by atoms with Crippen LogP contribution in [0.1, 0.15) is 56.7 Å². The predicted octanol–water partition coefficient (Wildman–Crippen LogP) is 5.80. The SMILES string of the molecule is CCC(C(=O)Nc1ccc(C(C)C)cc1)N1C(=O)C(C)N=C(c2ccccc2)c2ccccc21. The number of carbonyl (C=O) groups is 2. The number of fused-ring (bicyclic) bond motifs is 1. The highest BCUT2D eigenvalue weighted by Crippen LogP contribution is 2.31. The van der Waals surface area contributed by atoms with Crippen LogP contribution in [-0.4, -0.2) is 29.6 Å². The molecule has 34 heavy (non-hydrogen) atoms. The van der Waals surface area contributed by atoms with Crippen molar-refractivity contribution < 1.29 is 9.59 Å². The van der Waals surface area contributed by atoms with Crippen LogP contribution in [-0.2, 0) is 9.59 Å². The molecule has 3 aromatic carbocycles. The quantitative estimate of drug-likeness (QED) is 0.513. The summed E-state index contributed by atoms with van der Waals surface area (Å²) in [6.07, 6.45) is 0.476. The fourth-order valence-corrected chi connectivity index (χ4v) is 4.33. The number of hydrogen-bond acceptors (Lipinski definition) is 3. The van der Waals surface area contributed by atoms with Crippen molar-refractivity contribution in [2.75, 3.05) is 10.2 Å². The summed E-state index contributed by atoms with van der Waals surface area (Å²) in [6, 6.07) is 24.2. The molecule has 2 amide bonds. The van der Waals surface area contributed by atoms with E-state index in [-0.39, 0.29) is 11.8 Å². The summed E-state index contributed by atoms with van der Waals surface area (Å²) in [4.78, 5) is 33.5. The van der Waals surface area contributed by atoms with E-state index in [1.165, 1.54) is 5.56 Å². The molecule has 0 radical (unpaired) electrons. The third kappa shape index (κ3) is 4.65. The molecule has 1 aliphatic rings. The van der Waals surface area contributed by atoms with Crippen LogP contribution >= 0.6 is 0 Å². The summed E-state index contributed by atoms with van der Waals surface area (Å²) in [5.41, 5.74) is 5.19. The van der Waals surface area contributed by atoms with E-state index >= 15 is 0 Å². The monoisotopic (exact) mass is 453 g/mol. The van der Waals surface area contributed by atoms with Crippen LogP contribution in [0.4, 0.5) is 11.4 Å². The Hall–Kier alpha value is -3.73. The van der Waals surface area contributed by atoms with Crippen molar-refractivity contribution in [2.24, 2.45) is 4.99 Å². The lowest BCUT2D eigenvalue weighted by Crippen LogP contribution is -2.50. The highest BCUT2D eigenvalue weighted by molar-refractivity contribution is 6.21. The summed E-state index contributed by atoms with van der Waals surface area (Å²) in [5.74, 6) is 0.0218. The smallest absolute Gasteiger partial charge is 0.252 e. The first-order valence-corrected chi connectivity index (χ1v) is 11.9. The summed E-state index contributed by atoms with van der Waals surface area (Å²) < 4.78 is 0. The summed E-state index contributed by atoms with van der Waals surface area (Å²) in [6.45, 7) is 7.99. The molecule has 3 aromatic rings. The van der Waals surface area contributed by atoms with Gasteiger partial charge in [-0.2, -0.15) is 0 Å². The van der Waals surface area contributed by atoms with Crippen molar-refractivity contribution in [1.29, 1.82) is 0 Å². The Labute approximate surface area is 201 Å². The minimum Gasteiger partial charge on any atom is -0.324 e. The number of aliphatic imine (C=N–C) groups is 1. The van der Waals surface area contributed by atoms with Crippen molar-refractivity contribution in [2.45, 2.75) is 52.1 Å². The molecule has 0 spiro atoms. The number of para-hydroxylation sites is 1. The molecule has 5 heteroatoms. The molecule has 0 fully saturated rings. The van der Waals surface area contributed by atoms with Crippen LogP contribution in [0, 0.1) is 0 Å². The molecule has 2 unspecified atom stereocenters. The number of anilines is 2. The normalized spacial score (nSPS) is 16.5. The predicted molar refractivity (Wildman–Crippen MR) is 139 cm³/mol. The number of hydrogen-bond donors (Lipinski definition) is 1. The first-order chi connectivity index (χ1) is 16.4. The van der Waals surface area contributed by atoms with Gasteiger partial charge in [0.15, 0.2) is 0 Å². The minimum atomic E-state index is -0.661. The van der Waals surface area contributed by atoms with Gasteiger partial charge in [0.2, 0.25) is 5.91 Å². The van der Waals surface area contributed by atoms with E-state index in [2.05, 4.69) is 19.2 Å². The van der Waals surface area contributed by atoms with E-state index in [1.54, 1.807) is 11.8 Å². The van der Waals surface area contributed by atoms with Gasteiger partial charge in [-0.15, -0.1) is 0 Å². The van der Waals surface area contributed by atoms with E-state index in [9.17, 15) is 9.59 Å². The Morgan fingerprint density at radius 2 is 1.62 bits per heavy atom. The molecule has 174 valence electrons. The molecule has 0 bridgehead atoms. The van der Waals surface area contributed by atoms with Crippen molar-refractivity contribution in [3.8, 4) is 0 Å². The lowest BCUT2D eigenvalue weighted by molar-refractivity contribution is -0.124. The molecule has 0 aliphatic carbocycles. The molecule has 1 N–H and O–H groups in total. The van der Waals surface area contributed by atoms with Gasteiger partial charge < -0.3 is 5.32 Å². The Balaban J connectivity index is 1.71. The average Bonchev–Trinajstić information content (AvgIpc) is 2.96. The topological polar surface area (TPSA) is 61.8 Å². The van der Waals surface area contributed by atoms with Gasteiger partial charge in [-0.3, -0.25) is 19.5 Å². The number of benzodiazepines with no additional fused rings is 1. The van der Waals surface area contributed by atoms with E-state index < -0.39 is 12.1 Å². The van der Waals surface area contributed by atoms with Crippen molar-refractivity contribution in [3.05, 3.63) is 95.6 Å². The van der Waals surface area contributed by atoms with Gasteiger partial charge in [-0.25, -0.2) is 0 Å². The van der Waals surface area contributed by atoms with Crippen LogP contribution in [0.2, 0.25) is 0 Å². The fraction of sp³-hybridized carbons (Fsp3) is 0.276. The maximum absolute atomic E-state index is 13.6. The number of nitrogens with one attached hydrogen (secondary N) is 1. The Morgan fingerprint density at radius 1 is 0.971 bits per heavy atom. The second-order valence-electron chi connectivity index (χ2n) is 8.94. The highest BCUT2D eigenvalue weighted by atomic mass is 16.2. The lowest BCUT2D eigenvalue weighted by atomic mass is 9.99. The van der Waals surface area contributed by atoms with E-state index in [0.717, 1.165) is 22.5 Å². The fourth-order valence-electron chi connectivity index (χ4n) is 4.33. The van der Waals surface area contributed by atoms with Crippen molar-refractivity contribution in [1.82, 2.24) is 0 Å². The van der Waals surface area contributed by atoms with Crippen LogP contribution in [0.15, 0.2) is 83.9 Å². The molecule has 1 heterocycles. The molecule has 1 aliphatic heterocycles. The van der Waals surface area contributed by atoms with Gasteiger partial charge in [0, 0.05) is 16.8 Å². The Morgan fingerprint density at radius 3 is 2.26 bits per heavy atom. The molecule has 0 saturated carbocycles. The van der Waals surface area contributed by atoms with Crippen LogP contribution in [0.25, 0.3) is 0 Å². The number of benzene rings is 3. The van der Waals surface area contributed by atoms with E-state index in [4.69, 9.17) is 4.99 Å². The zero-order chi connectivity index (χ0) is 24.2. The maximum atomic E-state index is 13.6.